The van der Waals surface area contributed by atoms with Crippen LogP contribution >= 0.6 is 0 Å². The highest BCUT2D eigenvalue weighted by molar-refractivity contribution is 5.90. The summed E-state index contributed by atoms with van der Waals surface area (Å²) >= 11 is 0. The van der Waals surface area contributed by atoms with Crippen molar-refractivity contribution in [3.8, 4) is 11.5 Å². The zero-order valence-corrected chi connectivity index (χ0v) is 21.4. The number of ether oxygens (including phenoxy) is 1. The van der Waals surface area contributed by atoms with Gasteiger partial charge in [0, 0.05) is 38.4 Å². The molecule has 0 radical (unpaired) electrons. The number of piperazine rings is 1. The first-order valence-corrected chi connectivity index (χ1v) is 13.0. The number of nitrogens with one attached hydrogen (secondary N) is 1. The maximum Gasteiger partial charge on any atom is 0.254 e. The molecule has 0 aromatic heterocycles. The van der Waals surface area contributed by atoms with Crippen LogP contribution in [0, 0.1) is 0 Å². The van der Waals surface area contributed by atoms with E-state index in [-0.39, 0.29) is 6.54 Å². The Bertz CT molecular complexity index is 1420. The van der Waals surface area contributed by atoms with Gasteiger partial charge in [0.05, 0.1) is 0 Å². The van der Waals surface area contributed by atoms with Crippen molar-refractivity contribution in [2.24, 2.45) is 0 Å². The maximum atomic E-state index is 12.7. The lowest BCUT2D eigenvalue weighted by atomic mass is 10.1. The molecule has 0 unspecified atom stereocenters. The second kappa shape index (κ2) is 12.0. The Kier molecular flexibility index (Phi) is 8.05. The zero-order valence-electron chi connectivity index (χ0n) is 21.4. The number of hydrogen-bond acceptors (Lipinski definition) is 6. The molecule has 8 heteroatoms. The van der Waals surface area contributed by atoms with Gasteiger partial charge in [-0.05, 0) is 52.7 Å². The zero-order chi connectivity index (χ0) is 27.2. The fourth-order valence-electron chi connectivity index (χ4n) is 4.63. The molecule has 8 nitrogen and oxygen atoms in total. The minimum absolute atomic E-state index is 0.128. The van der Waals surface area contributed by atoms with E-state index in [1.165, 1.54) is 4.90 Å². The summed E-state index contributed by atoms with van der Waals surface area (Å²) in [5, 5.41) is 25.5. The van der Waals surface area contributed by atoms with Gasteiger partial charge in [-0.3, -0.25) is 9.59 Å². The molecule has 0 aliphatic carbocycles. The number of aliphatic hydroxyl groups is 2. The lowest BCUT2D eigenvalue weighted by molar-refractivity contribution is -0.153. The van der Waals surface area contributed by atoms with Crippen LogP contribution in [-0.2, 0) is 16.1 Å². The van der Waals surface area contributed by atoms with Crippen molar-refractivity contribution in [3.05, 3.63) is 103 Å². The highest BCUT2D eigenvalue weighted by atomic mass is 16.5. The Balaban J connectivity index is 1.09. The monoisotopic (exact) mass is 525 g/mol. The van der Waals surface area contributed by atoms with Crippen molar-refractivity contribution >= 4 is 28.3 Å². The van der Waals surface area contributed by atoms with Crippen LogP contribution in [0.2, 0.25) is 0 Å². The van der Waals surface area contributed by atoms with E-state index in [1.807, 2.05) is 72.8 Å². The summed E-state index contributed by atoms with van der Waals surface area (Å²) in [5.41, 5.74) is 1.84. The quantitative estimate of drug-likeness (QED) is 0.326. The minimum atomic E-state index is -1.86. The predicted octanol–water partition coefficient (Wildman–Crippen LogP) is 3.32. The van der Waals surface area contributed by atoms with Crippen LogP contribution in [0.15, 0.2) is 97.1 Å². The Labute approximate surface area is 227 Å². The molecule has 4 aromatic rings. The van der Waals surface area contributed by atoms with Crippen LogP contribution in [0.4, 0.5) is 5.69 Å². The second-order valence-electron chi connectivity index (χ2n) is 9.51. The lowest BCUT2D eigenvalue weighted by Crippen LogP contribution is -2.55. The van der Waals surface area contributed by atoms with E-state index in [2.05, 4.69) is 10.2 Å². The van der Waals surface area contributed by atoms with E-state index in [4.69, 9.17) is 4.74 Å². The van der Waals surface area contributed by atoms with Gasteiger partial charge in [0.2, 0.25) is 0 Å². The highest BCUT2D eigenvalue weighted by Crippen LogP contribution is 2.26. The fraction of sp³-hybridized carbons (Fsp3) is 0.226. The van der Waals surface area contributed by atoms with Crippen LogP contribution in [0.5, 0.6) is 11.5 Å². The molecule has 0 bridgehead atoms. The minimum Gasteiger partial charge on any atom is -0.457 e. The van der Waals surface area contributed by atoms with E-state index in [9.17, 15) is 19.8 Å². The topological polar surface area (TPSA) is 102 Å². The summed E-state index contributed by atoms with van der Waals surface area (Å²) in [4.78, 5) is 28.8. The van der Waals surface area contributed by atoms with Crippen molar-refractivity contribution < 1.29 is 24.5 Å². The fourth-order valence-corrected chi connectivity index (χ4v) is 4.63. The molecule has 200 valence electrons. The Morgan fingerprint density at radius 3 is 2.10 bits per heavy atom. The van der Waals surface area contributed by atoms with Crippen molar-refractivity contribution in [1.29, 1.82) is 0 Å². The predicted molar refractivity (Wildman–Crippen MR) is 150 cm³/mol. The molecule has 1 fully saturated rings. The molecule has 0 saturated carbocycles. The number of rotatable bonds is 8. The summed E-state index contributed by atoms with van der Waals surface area (Å²) in [6.07, 6.45) is -3.69. The van der Waals surface area contributed by atoms with Crippen molar-refractivity contribution in [2.75, 3.05) is 31.1 Å². The molecule has 1 heterocycles. The van der Waals surface area contributed by atoms with Gasteiger partial charge in [-0.1, -0.05) is 60.7 Å². The molecule has 1 saturated heterocycles. The summed E-state index contributed by atoms with van der Waals surface area (Å²) in [7, 11) is 0. The number of amides is 2. The molecule has 1 aliphatic heterocycles. The number of nitrogens with zero attached hydrogens (tertiary/aromatic N) is 2. The third-order valence-electron chi connectivity index (χ3n) is 6.88. The Morgan fingerprint density at radius 2 is 1.38 bits per heavy atom. The molecule has 39 heavy (non-hydrogen) atoms. The first kappa shape index (κ1) is 26.2. The van der Waals surface area contributed by atoms with E-state index in [0.717, 1.165) is 27.8 Å². The molecule has 5 rings (SSSR count). The largest absolute Gasteiger partial charge is 0.457 e. The molecule has 0 spiro atoms. The smallest absolute Gasteiger partial charge is 0.254 e. The summed E-state index contributed by atoms with van der Waals surface area (Å²) in [5.74, 6) is -0.0948. The van der Waals surface area contributed by atoms with E-state index >= 15 is 0 Å². The molecular formula is C31H31N3O5. The molecule has 1 aliphatic rings. The van der Waals surface area contributed by atoms with Gasteiger partial charge >= 0.3 is 0 Å². The molecular weight excluding hydrogens is 494 g/mol. The van der Waals surface area contributed by atoms with Crippen molar-refractivity contribution in [3.63, 3.8) is 0 Å². The van der Waals surface area contributed by atoms with Gasteiger partial charge in [-0.2, -0.15) is 0 Å². The van der Waals surface area contributed by atoms with Crippen LogP contribution in [0.1, 0.15) is 5.56 Å². The van der Waals surface area contributed by atoms with Crippen LogP contribution < -0.4 is 15.0 Å². The van der Waals surface area contributed by atoms with E-state index in [0.29, 0.717) is 31.9 Å². The SMILES string of the molecule is O=C(NCc1ccc(Oc2ccc3ccccc3c2)cc1)[C@H](O)[C@@H](O)C(=O)N1CCN(c2ccccc2)CC1. The van der Waals surface area contributed by atoms with E-state index < -0.39 is 24.0 Å². The van der Waals surface area contributed by atoms with Crippen LogP contribution in [0.3, 0.4) is 0 Å². The average molecular weight is 526 g/mol. The third-order valence-corrected chi connectivity index (χ3v) is 6.88. The summed E-state index contributed by atoms with van der Waals surface area (Å²) in [6.45, 7) is 2.12. The number of carbonyl (C=O) groups is 2. The van der Waals surface area contributed by atoms with Gasteiger partial charge in [-0.25, -0.2) is 0 Å². The number of para-hydroxylation sites is 1. The number of hydrogen-bond donors (Lipinski definition) is 3. The number of carbonyl (C=O) groups excluding carboxylic acids is 2. The standard InChI is InChI=1S/C31H31N3O5/c35-28(29(36)31(38)34-18-16-33(17-19-34)25-8-2-1-3-9-25)30(37)32-21-22-10-13-26(14-11-22)39-27-15-12-23-6-4-5-7-24(23)20-27/h1-15,20,28-29,35-36H,16-19,21H2,(H,32,37)/t28-,29-/m1/s1. The second-order valence-corrected chi connectivity index (χ2v) is 9.51. The number of benzene rings is 4. The maximum absolute atomic E-state index is 12.7. The van der Waals surface area contributed by atoms with Gasteiger partial charge in [0.1, 0.15) is 11.5 Å². The summed E-state index contributed by atoms with van der Waals surface area (Å²) in [6, 6.07) is 31.0. The Morgan fingerprint density at radius 1 is 0.744 bits per heavy atom. The van der Waals surface area contributed by atoms with Crippen LogP contribution in [0.25, 0.3) is 10.8 Å². The number of fused-ring (bicyclic) bond motifs is 1. The Hall–Kier alpha value is -4.40. The molecule has 3 N–H and O–H groups in total. The van der Waals surface area contributed by atoms with Crippen LogP contribution in [-0.4, -0.2) is 65.3 Å². The van der Waals surface area contributed by atoms with Crippen molar-refractivity contribution in [1.82, 2.24) is 10.2 Å². The van der Waals surface area contributed by atoms with Crippen molar-refractivity contribution in [2.45, 2.75) is 18.8 Å². The van der Waals surface area contributed by atoms with Gasteiger partial charge in [-0.15, -0.1) is 0 Å². The van der Waals surface area contributed by atoms with Gasteiger partial charge < -0.3 is 30.1 Å². The van der Waals surface area contributed by atoms with Gasteiger partial charge in [0.25, 0.3) is 11.8 Å². The first-order chi connectivity index (χ1) is 19.0. The summed E-state index contributed by atoms with van der Waals surface area (Å²) < 4.78 is 5.95. The average Bonchev–Trinajstić information content (AvgIpc) is 3.00. The lowest BCUT2D eigenvalue weighted by Gasteiger charge is -2.37. The van der Waals surface area contributed by atoms with Gasteiger partial charge in [0.15, 0.2) is 12.2 Å². The number of anilines is 1. The molecule has 2 amide bonds. The number of aliphatic hydroxyl groups excluding tert-OH is 2. The molecule has 2 atom stereocenters. The molecule has 4 aromatic carbocycles. The first-order valence-electron chi connectivity index (χ1n) is 13.0. The highest BCUT2D eigenvalue weighted by Gasteiger charge is 2.34. The van der Waals surface area contributed by atoms with E-state index in [1.54, 1.807) is 24.3 Å². The third kappa shape index (κ3) is 6.37. The normalized spacial score (nSPS) is 15.0.